The second-order valence-electron chi connectivity index (χ2n) is 3.08. The maximum atomic E-state index is 13.5. The molecule has 0 unspecified atom stereocenters. The molecule has 0 saturated heterocycles. The number of isocyanates is 1. The van der Waals surface area contributed by atoms with Crippen molar-refractivity contribution in [1.82, 2.24) is 4.98 Å². The van der Waals surface area contributed by atoms with E-state index in [1.165, 1.54) is 24.5 Å². The van der Waals surface area contributed by atoms with E-state index in [0.29, 0.717) is 16.8 Å². The van der Waals surface area contributed by atoms with Gasteiger partial charge in [-0.2, -0.15) is 4.99 Å². The maximum Gasteiger partial charge on any atom is 0.240 e. The van der Waals surface area contributed by atoms with Gasteiger partial charge in [0, 0.05) is 17.3 Å². The van der Waals surface area contributed by atoms with Crippen LogP contribution in [0.2, 0.25) is 0 Å². The van der Waals surface area contributed by atoms with Gasteiger partial charge in [0.15, 0.2) is 0 Å². The summed E-state index contributed by atoms with van der Waals surface area (Å²) < 4.78 is 13.5. The van der Waals surface area contributed by atoms with Crippen molar-refractivity contribution >= 4 is 11.8 Å². The Balaban J connectivity index is 2.64. The van der Waals surface area contributed by atoms with E-state index in [-0.39, 0.29) is 5.82 Å². The third kappa shape index (κ3) is 1.87. The first-order valence-corrected chi connectivity index (χ1v) is 4.59. The standard InChI is InChI=1S/C12H7FN2O/c13-11-4-2-1-3-9(11)10-5-6-14-7-12(10)15-8-16/h1-7H. The average Bonchev–Trinajstić information content (AvgIpc) is 2.31. The Bertz CT molecular complexity index is 562. The number of aromatic nitrogens is 1. The molecule has 16 heavy (non-hydrogen) atoms. The first kappa shape index (κ1) is 10.2. The summed E-state index contributed by atoms with van der Waals surface area (Å²) in [6.07, 6.45) is 4.34. The van der Waals surface area contributed by atoms with Crippen LogP contribution in [-0.2, 0) is 4.79 Å². The smallest absolute Gasteiger partial charge is 0.240 e. The molecule has 0 spiro atoms. The lowest BCUT2D eigenvalue weighted by atomic mass is 10.1. The van der Waals surface area contributed by atoms with Crippen molar-refractivity contribution in [3.8, 4) is 11.1 Å². The zero-order valence-electron chi connectivity index (χ0n) is 8.22. The minimum absolute atomic E-state index is 0.308. The summed E-state index contributed by atoms with van der Waals surface area (Å²) in [5.74, 6) is -0.365. The Hall–Kier alpha value is -2.32. The fourth-order valence-corrected chi connectivity index (χ4v) is 1.43. The van der Waals surface area contributed by atoms with Crippen molar-refractivity contribution < 1.29 is 9.18 Å². The van der Waals surface area contributed by atoms with Crippen molar-refractivity contribution in [3.63, 3.8) is 0 Å². The van der Waals surface area contributed by atoms with Crippen LogP contribution in [0.5, 0.6) is 0 Å². The molecule has 4 heteroatoms. The lowest BCUT2D eigenvalue weighted by molar-refractivity contribution is 0.565. The van der Waals surface area contributed by atoms with Crippen molar-refractivity contribution in [2.75, 3.05) is 0 Å². The second-order valence-corrected chi connectivity index (χ2v) is 3.08. The third-order valence-electron chi connectivity index (χ3n) is 2.13. The van der Waals surface area contributed by atoms with Gasteiger partial charge in [-0.05, 0) is 12.1 Å². The molecular weight excluding hydrogens is 207 g/mol. The number of hydrogen-bond acceptors (Lipinski definition) is 3. The van der Waals surface area contributed by atoms with Crippen LogP contribution in [0.1, 0.15) is 0 Å². The zero-order valence-corrected chi connectivity index (χ0v) is 8.22. The molecule has 0 aliphatic rings. The molecule has 0 amide bonds. The Morgan fingerprint density at radius 3 is 2.75 bits per heavy atom. The van der Waals surface area contributed by atoms with Gasteiger partial charge in [0.25, 0.3) is 0 Å². The summed E-state index contributed by atoms with van der Waals surface area (Å²) in [5, 5.41) is 0. The van der Waals surface area contributed by atoms with Crippen molar-refractivity contribution in [3.05, 3.63) is 48.5 Å². The van der Waals surface area contributed by atoms with E-state index in [1.807, 2.05) is 0 Å². The summed E-state index contributed by atoms with van der Waals surface area (Å²) in [6, 6.07) is 7.89. The minimum Gasteiger partial charge on any atom is -0.262 e. The monoisotopic (exact) mass is 214 g/mol. The molecule has 0 aliphatic carbocycles. The molecule has 2 rings (SSSR count). The Morgan fingerprint density at radius 2 is 2.00 bits per heavy atom. The highest BCUT2D eigenvalue weighted by Gasteiger charge is 2.08. The van der Waals surface area contributed by atoms with Crippen LogP contribution in [0.3, 0.4) is 0 Å². The number of halogens is 1. The molecule has 0 atom stereocenters. The quantitative estimate of drug-likeness (QED) is 0.569. The highest BCUT2D eigenvalue weighted by molar-refractivity contribution is 5.76. The lowest BCUT2D eigenvalue weighted by Gasteiger charge is -2.04. The van der Waals surface area contributed by atoms with Gasteiger partial charge < -0.3 is 0 Å². The SMILES string of the molecule is O=C=Nc1cnccc1-c1ccccc1F. The highest BCUT2D eigenvalue weighted by atomic mass is 19.1. The minimum atomic E-state index is -0.365. The van der Waals surface area contributed by atoms with E-state index in [4.69, 9.17) is 0 Å². The predicted molar refractivity (Wildman–Crippen MR) is 57.4 cm³/mol. The normalized spacial score (nSPS) is 9.56. The lowest BCUT2D eigenvalue weighted by Crippen LogP contribution is -1.85. The number of hydrogen-bond donors (Lipinski definition) is 0. The average molecular weight is 214 g/mol. The summed E-state index contributed by atoms with van der Waals surface area (Å²) in [6.45, 7) is 0. The largest absolute Gasteiger partial charge is 0.262 e. The van der Waals surface area contributed by atoms with Crippen LogP contribution >= 0.6 is 0 Å². The molecule has 2 aromatic rings. The molecule has 0 radical (unpaired) electrons. The van der Waals surface area contributed by atoms with E-state index in [9.17, 15) is 9.18 Å². The van der Waals surface area contributed by atoms with E-state index in [0.717, 1.165) is 0 Å². The van der Waals surface area contributed by atoms with Gasteiger partial charge in [-0.3, -0.25) is 4.98 Å². The fourth-order valence-electron chi connectivity index (χ4n) is 1.43. The van der Waals surface area contributed by atoms with Crippen LogP contribution in [0.4, 0.5) is 10.1 Å². The van der Waals surface area contributed by atoms with Crippen LogP contribution in [0.15, 0.2) is 47.7 Å². The fraction of sp³-hybridized carbons (Fsp3) is 0. The summed E-state index contributed by atoms with van der Waals surface area (Å²) >= 11 is 0. The summed E-state index contributed by atoms with van der Waals surface area (Å²) in [4.78, 5) is 17.5. The number of rotatable bonds is 2. The number of aliphatic imine (C=N–C) groups is 1. The van der Waals surface area contributed by atoms with E-state index in [1.54, 1.807) is 24.3 Å². The number of nitrogens with zero attached hydrogens (tertiary/aromatic N) is 2. The molecule has 3 nitrogen and oxygen atoms in total. The van der Waals surface area contributed by atoms with Gasteiger partial charge in [0.1, 0.15) is 11.5 Å². The molecule has 1 heterocycles. The van der Waals surface area contributed by atoms with Gasteiger partial charge in [0.2, 0.25) is 6.08 Å². The molecule has 1 aromatic carbocycles. The number of pyridine rings is 1. The Kier molecular flexibility index (Phi) is 2.85. The van der Waals surface area contributed by atoms with Gasteiger partial charge in [-0.25, -0.2) is 9.18 Å². The van der Waals surface area contributed by atoms with Crippen LogP contribution in [0.25, 0.3) is 11.1 Å². The van der Waals surface area contributed by atoms with Crippen LogP contribution in [-0.4, -0.2) is 11.1 Å². The summed E-state index contributed by atoms with van der Waals surface area (Å²) in [5.41, 5.74) is 1.22. The molecular formula is C12H7FN2O. The molecule has 0 N–H and O–H groups in total. The topological polar surface area (TPSA) is 42.3 Å². The molecule has 0 fully saturated rings. The first-order chi connectivity index (χ1) is 7.83. The van der Waals surface area contributed by atoms with E-state index < -0.39 is 0 Å². The second kappa shape index (κ2) is 4.47. The summed E-state index contributed by atoms with van der Waals surface area (Å²) in [7, 11) is 0. The Morgan fingerprint density at radius 1 is 1.19 bits per heavy atom. The Labute approximate surface area is 91.3 Å². The van der Waals surface area contributed by atoms with Gasteiger partial charge in [-0.15, -0.1) is 0 Å². The van der Waals surface area contributed by atoms with Crippen molar-refractivity contribution in [2.24, 2.45) is 4.99 Å². The van der Waals surface area contributed by atoms with Gasteiger partial charge in [0.05, 0.1) is 6.20 Å². The van der Waals surface area contributed by atoms with E-state index >= 15 is 0 Å². The first-order valence-electron chi connectivity index (χ1n) is 4.59. The van der Waals surface area contributed by atoms with Gasteiger partial charge >= 0.3 is 0 Å². The molecule has 0 bridgehead atoms. The molecule has 0 aliphatic heterocycles. The van der Waals surface area contributed by atoms with Crippen LogP contribution < -0.4 is 0 Å². The highest BCUT2D eigenvalue weighted by Crippen LogP contribution is 2.30. The maximum absolute atomic E-state index is 13.5. The third-order valence-corrected chi connectivity index (χ3v) is 2.13. The van der Waals surface area contributed by atoms with Crippen molar-refractivity contribution in [1.29, 1.82) is 0 Å². The molecule has 0 saturated carbocycles. The van der Waals surface area contributed by atoms with E-state index in [2.05, 4.69) is 9.98 Å². The predicted octanol–water partition coefficient (Wildman–Crippen LogP) is 2.86. The molecule has 1 aromatic heterocycles. The zero-order chi connectivity index (χ0) is 11.4. The van der Waals surface area contributed by atoms with Gasteiger partial charge in [-0.1, -0.05) is 18.2 Å². The number of benzene rings is 1. The van der Waals surface area contributed by atoms with Crippen LogP contribution in [0, 0.1) is 5.82 Å². The molecule has 78 valence electrons. The number of carbonyl (C=O) groups excluding carboxylic acids is 1. The van der Waals surface area contributed by atoms with Crippen molar-refractivity contribution in [2.45, 2.75) is 0 Å².